The third-order valence-electron chi connectivity index (χ3n) is 4.31. The van der Waals surface area contributed by atoms with Crippen molar-refractivity contribution in [1.82, 2.24) is 4.90 Å². The van der Waals surface area contributed by atoms with E-state index >= 15 is 0 Å². The van der Waals surface area contributed by atoms with E-state index in [0.29, 0.717) is 6.04 Å². The zero-order valence-electron chi connectivity index (χ0n) is 12.3. The van der Waals surface area contributed by atoms with Gasteiger partial charge in [0.2, 0.25) is 0 Å². The maximum Gasteiger partial charge on any atom is 0.0787 e. The van der Waals surface area contributed by atoms with E-state index in [1.54, 1.807) is 0 Å². The third-order valence-corrected chi connectivity index (χ3v) is 4.31. The number of hydrogen-bond acceptors (Lipinski definition) is 3. The molecule has 1 aromatic rings. The van der Waals surface area contributed by atoms with Crippen molar-refractivity contribution < 1.29 is 5.11 Å². The lowest BCUT2D eigenvalue weighted by Crippen LogP contribution is -2.41. The predicted octanol–water partition coefficient (Wildman–Crippen LogP) is 2.66. The summed E-state index contributed by atoms with van der Waals surface area (Å²) >= 11 is 0. The molecule has 106 valence electrons. The number of aliphatic hydroxyl groups excluding tert-OH is 1. The highest BCUT2D eigenvalue weighted by Gasteiger charge is 2.20. The second kappa shape index (κ2) is 6.40. The van der Waals surface area contributed by atoms with E-state index in [4.69, 9.17) is 0 Å². The molecule has 1 fully saturated rings. The van der Waals surface area contributed by atoms with Crippen molar-refractivity contribution in [3.63, 3.8) is 0 Å². The number of likely N-dealkylation sites (tertiary alicyclic amines) is 1. The molecule has 0 spiro atoms. The van der Waals surface area contributed by atoms with Crippen LogP contribution in [-0.4, -0.2) is 43.2 Å². The van der Waals surface area contributed by atoms with E-state index in [2.05, 4.69) is 48.2 Å². The largest absolute Gasteiger partial charge is 0.388 e. The van der Waals surface area contributed by atoms with Crippen LogP contribution in [0.3, 0.4) is 0 Å². The van der Waals surface area contributed by atoms with Crippen LogP contribution < -0.4 is 4.90 Å². The van der Waals surface area contributed by atoms with Crippen LogP contribution in [0.1, 0.15) is 37.9 Å². The molecular weight excluding hydrogens is 236 g/mol. The van der Waals surface area contributed by atoms with Gasteiger partial charge in [0, 0.05) is 18.8 Å². The van der Waals surface area contributed by atoms with Gasteiger partial charge in [-0.15, -0.1) is 0 Å². The van der Waals surface area contributed by atoms with Crippen LogP contribution in [-0.2, 0) is 0 Å². The highest BCUT2D eigenvalue weighted by molar-refractivity contribution is 5.48. The van der Waals surface area contributed by atoms with Gasteiger partial charge < -0.3 is 14.9 Å². The van der Waals surface area contributed by atoms with Crippen molar-refractivity contribution in [2.75, 3.05) is 32.1 Å². The normalized spacial score (nSPS) is 19.4. The molecular formula is C16H26N2O. The zero-order chi connectivity index (χ0) is 13.8. The second-order valence-corrected chi connectivity index (χ2v) is 5.66. The molecule has 1 aliphatic heterocycles. The Labute approximate surface area is 116 Å². The molecule has 1 atom stereocenters. The molecule has 1 aromatic carbocycles. The standard InChI is InChI=1S/C16H26N2O/c1-4-16(19)13-5-7-14(8-6-13)18(3)15-9-11-17(2)12-10-15/h5-8,15-16,19H,4,9-12H2,1-3H3/t16-/m1/s1. The molecule has 2 rings (SSSR count). The quantitative estimate of drug-likeness (QED) is 0.903. The summed E-state index contributed by atoms with van der Waals surface area (Å²) in [6, 6.07) is 9.00. The van der Waals surface area contributed by atoms with Gasteiger partial charge in [0.25, 0.3) is 0 Å². The van der Waals surface area contributed by atoms with E-state index in [1.807, 2.05) is 6.92 Å². The maximum atomic E-state index is 9.82. The average molecular weight is 262 g/mol. The van der Waals surface area contributed by atoms with Gasteiger partial charge in [0.05, 0.1) is 6.10 Å². The van der Waals surface area contributed by atoms with Crippen LogP contribution in [0.4, 0.5) is 5.69 Å². The maximum absolute atomic E-state index is 9.82. The van der Waals surface area contributed by atoms with E-state index in [-0.39, 0.29) is 6.10 Å². The van der Waals surface area contributed by atoms with Crippen molar-refractivity contribution in [1.29, 1.82) is 0 Å². The molecule has 0 amide bonds. The first-order chi connectivity index (χ1) is 9.11. The lowest BCUT2D eigenvalue weighted by atomic mass is 10.0. The van der Waals surface area contributed by atoms with Crippen LogP contribution in [0.15, 0.2) is 24.3 Å². The molecule has 0 aliphatic carbocycles. The minimum Gasteiger partial charge on any atom is -0.388 e. The molecule has 1 aliphatic rings. The lowest BCUT2D eigenvalue weighted by Gasteiger charge is -2.36. The van der Waals surface area contributed by atoms with Crippen LogP contribution in [0.2, 0.25) is 0 Å². The minimum absolute atomic E-state index is 0.331. The Kier molecular flexibility index (Phi) is 4.83. The van der Waals surface area contributed by atoms with Crippen LogP contribution in [0.5, 0.6) is 0 Å². The summed E-state index contributed by atoms with van der Waals surface area (Å²) < 4.78 is 0. The Balaban J connectivity index is 2.01. The molecule has 0 bridgehead atoms. The SMILES string of the molecule is CC[C@@H](O)c1ccc(N(C)C2CCN(C)CC2)cc1. The fraction of sp³-hybridized carbons (Fsp3) is 0.625. The summed E-state index contributed by atoms with van der Waals surface area (Å²) in [5.41, 5.74) is 2.27. The van der Waals surface area contributed by atoms with E-state index in [0.717, 1.165) is 12.0 Å². The van der Waals surface area contributed by atoms with Crippen molar-refractivity contribution in [2.24, 2.45) is 0 Å². The van der Waals surface area contributed by atoms with Crippen molar-refractivity contribution in [2.45, 2.75) is 38.3 Å². The Hall–Kier alpha value is -1.06. The number of hydrogen-bond donors (Lipinski definition) is 1. The molecule has 3 heteroatoms. The molecule has 1 heterocycles. The van der Waals surface area contributed by atoms with Gasteiger partial charge in [-0.05, 0) is 57.1 Å². The fourth-order valence-corrected chi connectivity index (χ4v) is 2.76. The van der Waals surface area contributed by atoms with Gasteiger partial charge in [-0.1, -0.05) is 19.1 Å². The molecule has 19 heavy (non-hydrogen) atoms. The Morgan fingerprint density at radius 2 is 1.84 bits per heavy atom. The topological polar surface area (TPSA) is 26.7 Å². The zero-order valence-corrected chi connectivity index (χ0v) is 12.3. The van der Waals surface area contributed by atoms with Crippen LogP contribution >= 0.6 is 0 Å². The van der Waals surface area contributed by atoms with Gasteiger partial charge in [0.15, 0.2) is 0 Å². The molecule has 0 radical (unpaired) electrons. The Morgan fingerprint density at radius 3 is 2.37 bits per heavy atom. The minimum atomic E-state index is -0.331. The molecule has 0 saturated carbocycles. The predicted molar refractivity (Wildman–Crippen MR) is 80.6 cm³/mol. The smallest absolute Gasteiger partial charge is 0.0787 e. The average Bonchev–Trinajstić information content (AvgIpc) is 2.46. The lowest BCUT2D eigenvalue weighted by molar-refractivity contribution is 0.173. The van der Waals surface area contributed by atoms with Crippen LogP contribution in [0, 0.1) is 0 Å². The van der Waals surface area contributed by atoms with E-state index in [1.165, 1.54) is 31.6 Å². The highest BCUT2D eigenvalue weighted by atomic mass is 16.3. The number of rotatable bonds is 4. The second-order valence-electron chi connectivity index (χ2n) is 5.66. The van der Waals surface area contributed by atoms with E-state index < -0.39 is 0 Å². The summed E-state index contributed by atoms with van der Waals surface area (Å²) in [5, 5.41) is 9.82. The summed E-state index contributed by atoms with van der Waals surface area (Å²) in [4.78, 5) is 4.78. The number of nitrogens with zero attached hydrogens (tertiary/aromatic N) is 2. The number of aliphatic hydroxyl groups is 1. The first-order valence-corrected chi connectivity index (χ1v) is 7.31. The van der Waals surface area contributed by atoms with E-state index in [9.17, 15) is 5.11 Å². The van der Waals surface area contributed by atoms with Crippen LogP contribution in [0.25, 0.3) is 0 Å². The number of anilines is 1. The summed E-state index contributed by atoms with van der Waals surface area (Å²) in [7, 11) is 4.37. The van der Waals surface area contributed by atoms with Crippen molar-refractivity contribution >= 4 is 5.69 Å². The summed E-state index contributed by atoms with van der Waals surface area (Å²) in [5.74, 6) is 0. The van der Waals surface area contributed by atoms with Gasteiger partial charge in [0.1, 0.15) is 0 Å². The first-order valence-electron chi connectivity index (χ1n) is 7.31. The molecule has 1 saturated heterocycles. The first kappa shape index (κ1) is 14.4. The third kappa shape index (κ3) is 3.48. The van der Waals surface area contributed by atoms with Gasteiger partial charge in [-0.25, -0.2) is 0 Å². The number of piperidine rings is 1. The van der Waals surface area contributed by atoms with Crippen molar-refractivity contribution in [3.8, 4) is 0 Å². The number of benzene rings is 1. The Morgan fingerprint density at radius 1 is 1.26 bits per heavy atom. The van der Waals surface area contributed by atoms with Gasteiger partial charge in [-0.2, -0.15) is 0 Å². The molecule has 0 aromatic heterocycles. The molecule has 1 N–H and O–H groups in total. The van der Waals surface area contributed by atoms with Gasteiger partial charge in [-0.3, -0.25) is 0 Å². The van der Waals surface area contributed by atoms with Crippen molar-refractivity contribution in [3.05, 3.63) is 29.8 Å². The summed E-state index contributed by atoms with van der Waals surface area (Å²) in [6.07, 6.45) is 2.89. The summed E-state index contributed by atoms with van der Waals surface area (Å²) in [6.45, 7) is 4.37. The monoisotopic (exact) mass is 262 g/mol. The molecule has 0 unspecified atom stereocenters. The fourth-order valence-electron chi connectivity index (χ4n) is 2.76. The van der Waals surface area contributed by atoms with Gasteiger partial charge >= 0.3 is 0 Å². The Bertz CT molecular complexity index is 382. The molecule has 3 nitrogen and oxygen atoms in total. The highest BCUT2D eigenvalue weighted by Crippen LogP contribution is 2.24.